The Morgan fingerprint density at radius 3 is 2.53 bits per heavy atom. The Balaban J connectivity index is 1.14. The molecule has 2 aromatic heterocycles. The third-order valence-electron chi connectivity index (χ3n) is 5.89. The highest BCUT2D eigenvalue weighted by Gasteiger charge is 2.22. The molecule has 1 aliphatic heterocycles. The van der Waals surface area contributed by atoms with Crippen LogP contribution in [0.1, 0.15) is 23.4 Å². The summed E-state index contributed by atoms with van der Waals surface area (Å²) in [7, 11) is 0. The van der Waals surface area contributed by atoms with Gasteiger partial charge in [0, 0.05) is 49.5 Å². The molecule has 0 unspecified atom stereocenters. The third-order valence-corrected chi connectivity index (χ3v) is 6.84. The van der Waals surface area contributed by atoms with Crippen LogP contribution >= 0.6 is 11.8 Å². The van der Waals surface area contributed by atoms with Crippen LogP contribution in [0.25, 0.3) is 0 Å². The minimum Gasteiger partial charge on any atom is -0.410 e. The van der Waals surface area contributed by atoms with E-state index in [0.717, 1.165) is 61.1 Å². The molecule has 1 aliphatic rings. The second-order valence-corrected chi connectivity index (χ2v) is 9.60. The first kappa shape index (κ1) is 24.2. The van der Waals surface area contributed by atoms with Crippen LogP contribution in [0.4, 0.5) is 4.79 Å². The predicted molar refractivity (Wildman–Crippen MR) is 136 cm³/mol. The van der Waals surface area contributed by atoms with Crippen molar-refractivity contribution in [2.75, 3.05) is 38.5 Å². The van der Waals surface area contributed by atoms with Crippen molar-refractivity contribution in [3.8, 4) is 5.75 Å². The molecular weight excluding hydrogens is 444 g/mol. The molecule has 1 aromatic carbocycles. The molecule has 1 fully saturated rings. The van der Waals surface area contributed by atoms with Crippen molar-refractivity contribution in [3.63, 3.8) is 0 Å². The zero-order valence-electron chi connectivity index (χ0n) is 19.7. The molecule has 0 radical (unpaired) electrons. The van der Waals surface area contributed by atoms with Gasteiger partial charge in [-0.25, -0.2) is 9.78 Å². The van der Waals surface area contributed by atoms with Gasteiger partial charge in [0.2, 0.25) is 0 Å². The number of aromatic nitrogens is 2. The van der Waals surface area contributed by atoms with Crippen LogP contribution in [0.2, 0.25) is 0 Å². The lowest BCUT2D eigenvalue weighted by Crippen LogP contribution is -2.49. The number of thioether (sulfide) groups is 1. The molecule has 178 valence electrons. The Bertz CT molecular complexity index is 1040. The first-order valence-corrected chi connectivity index (χ1v) is 12.9. The number of hydrogen-bond donors (Lipinski definition) is 0. The minimum atomic E-state index is -0.262. The zero-order chi connectivity index (χ0) is 23.6. The van der Waals surface area contributed by atoms with Crippen molar-refractivity contribution in [1.29, 1.82) is 0 Å². The Labute approximate surface area is 206 Å². The van der Waals surface area contributed by atoms with Crippen LogP contribution in [0.3, 0.4) is 0 Å². The van der Waals surface area contributed by atoms with Crippen LogP contribution in [0.15, 0.2) is 71.9 Å². The topological polar surface area (TPSA) is 58.6 Å². The van der Waals surface area contributed by atoms with Gasteiger partial charge in [-0.2, -0.15) is 0 Å². The summed E-state index contributed by atoms with van der Waals surface area (Å²) < 4.78 is 5.61. The molecule has 4 rings (SSSR count). The molecule has 0 atom stereocenters. The predicted octanol–water partition coefficient (Wildman–Crippen LogP) is 4.87. The summed E-state index contributed by atoms with van der Waals surface area (Å²) in [6.45, 7) is 6.21. The summed E-state index contributed by atoms with van der Waals surface area (Å²) in [6, 6.07) is 20.0. The van der Waals surface area contributed by atoms with Gasteiger partial charge in [0.25, 0.3) is 0 Å². The molecule has 1 amide bonds. The average Bonchev–Trinajstić information content (AvgIpc) is 2.86. The van der Waals surface area contributed by atoms with Gasteiger partial charge in [0.05, 0.1) is 5.03 Å². The number of ether oxygens (including phenoxy) is 1. The van der Waals surface area contributed by atoms with Gasteiger partial charge in [-0.05, 0) is 74.7 Å². The summed E-state index contributed by atoms with van der Waals surface area (Å²) >= 11 is 1.74. The number of nitrogens with zero attached hydrogens (tertiary/aromatic N) is 4. The van der Waals surface area contributed by atoms with E-state index in [1.807, 2.05) is 61.7 Å². The van der Waals surface area contributed by atoms with Gasteiger partial charge >= 0.3 is 6.09 Å². The fraction of sp³-hybridized carbons (Fsp3) is 0.370. The lowest BCUT2D eigenvalue weighted by molar-refractivity contribution is 0.110. The van der Waals surface area contributed by atoms with Crippen LogP contribution in [0, 0.1) is 6.92 Å². The van der Waals surface area contributed by atoms with Gasteiger partial charge in [-0.3, -0.25) is 9.88 Å². The van der Waals surface area contributed by atoms with E-state index in [-0.39, 0.29) is 6.09 Å². The van der Waals surface area contributed by atoms with Crippen molar-refractivity contribution in [2.24, 2.45) is 0 Å². The number of carbonyl (C=O) groups is 1. The molecule has 0 N–H and O–H groups in total. The zero-order valence-corrected chi connectivity index (χ0v) is 20.5. The highest BCUT2D eigenvalue weighted by Crippen LogP contribution is 2.19. The molecular formula is C27H32N4O2S. The maximum absolute atomic E-state index is 12.6. The Hall–Kier alpha value is -2.90. The van der Waals surface area contributed by atoms with E-state index in [4.69, 9.17) is 4.74 Å². The summed E-state index contributed by atoms with van der Waals surface area (Å²) in [4.78, 5) is 25.7. The molecule has 1 saturated heterocycles. The van der Waals surface area contributed by atoms with Gasteiger partial charge in [0.1, 0.15) is 5.75 Å². The van der Waals surface area contributed by atoms with Gasteiger partial charge in [-0.15, -0.1) is 11.8 Å². The smallest absolute Gasteiger partial charge is 0.410 e. The SMILES string of the molecule is Cc1cccc(CCCN2CCN(C(=O)Oc3ccc(CCSc4ccccn4)cc3)CC2)n1. The molecule has 0 saturated carbocycles. The fourth-order valence-electron chi connectivity index (χ4n) is 3.97. The second kappa shape index (κ2) is 12.5. The molecule has 0 aliphatic carbocycles. The van der Waals surface area contributed by atoms with Crippen molar-refractivity contribution < 1.29 is 9.53 Å². The van der Waals surface area contributed by atoms with Crippen molar-refractivity contribution in [1.82, 2.24) is 19.8 Å². The number of hydrogen-bond acceptors (Lipinski definition) is 6. The standard InChI is InChI=1S/C27H32N4O2S/c1-22-6-4-7-24(29-22)8-5-16-30-17-19-31(20-18-30)27(32)33-25-12-10-23(11-13-25)14-21-34-26-9-2-3-15-28-26/h2-4,6-7,9-13,15H,5,8,14,16-21H2,1H3. The maximum Gasteiger partial charge on any atom is 0.415 e. The summed E-state index contributed by atoms with van der Waals surface area (Å²) in [5.41, 5.74) is 3.44. The number of amides is 1. The number of rotatable bonds is 9. The van der Waals surface area contributed by atoms with Crippen molar-refractivity contribution in [3.05, 3.63) is 83.8 Å². The van der Waals surface area contributed by atoms with Crippen LogP contribution in [0.5, 0.6) is 5.75 Å². The van der Waals surface area contributed by atoms with E-state index in [1.54, 1.807) is 16.7 Å². The largest absolute Gasteiger partial charge is 0.415 e. The Morgan fingerprint density at radius 2 is 1.79 bits per heavy atom. The molecule has 34 heavy (non-hydrogen) atoms. The molecule has 0 spiro atoms. The molecule has 0 bridgehead atoms. The Morgan fingerprint density at radius 1 is 0.971 bits per heavy atom. The lowest BCUT2D eigenvalue weighted by atomic mass is 10.2. The van der Waals surface area contributed by atoms with E-state index in [0.29, 0.717) is 18.8 Å². The highest BCUT2D eigenvalue weighted by atomic mass is 32.2. The normalized spacial score (nSPS) is 14.2. The van der Waals surface area contributed by atoms with Crippen LogP contribution in [-0.4, -0.2) is 64.3 Å². The molecule has 3 aromatic rings. The summed E-state index contributed by atoms with van der Waals surface area (Å²) in [5, 5.41) is 1.04. The molecule has 7 heteroatoms. The maximum atomic E-state index is 12.6. The number of pyridine rings is 2. The fourth-order valence-corrected chi connectivity index (χ4v) is 4.83. The third kappa shape index (κ3) is 7.57. The summed E-state index contributed by atoms with van der Waals surface area (Å²) in [5.74, 6) is 1.56. The van der Waals surface area contributed by atoms with Gasteiger partial charge in [-0.1, -0.05) is 24.3 Å². The minimum absolute atomic E-state index is 0.262. The number of carbonyl (C=O) groups excluding carboxylic acids is 1. The first-order valence-electron chi connectivity index (χ1n) is 11.9. The number of piperazine rings is 1. The van der Waals surface area contributed by atoms with E-state index in [1.165, 1.54) is 5.56 Å². The van der Waals surface area contributed by atoms with E-state index in [2.05, 4.69) is 27.0 Å². The van der Waals surface area contributed by atoms with Crippen LogP contribution in [-0.2, 0) is 12.8 Å². The summed E-state index contributed by atoms with van der Waals surface area (Å²) in [6.07, 6.45) is 4.56. The van der Waals surface area contributed by atoms with Gasteiger partial charge in [0.15, 0.2) is 0 Å². The second-order valence-electron chi connectivity index (χ2n) is 8.48. The number of aryl methyl sites for hydroxylation is 3. The van der Waals surface area contributed by atoms with Crippen molar-refractivity contribution in [2.45, 2.75) is 31.2 Å². The molecule has 3 heterocycles. The van der Waals surface area contributed by atoms with E-state index < -0.39 is 0 Å². The van der Waals surface area contributed by atoms with E-state index >= 15 is 0 Å². The van der Waals surface area contributed by atoms with Gasteiger partial charge < -0.3 is 9.64 Å². The van der Waals surface area contributed by atoms with Crippen molar-refractivity contribution >= 4 is 17.9 Å². The quantitative estimate of drug-likeness (QED) is 0.411. The highest BCUT2D eigenvalue weighted by molar-refractivity contribution is 7.99. The van der Waals surface area contributed by atoms with E-state index in [9.17, 15) is 4.79 Å². The van der Waals surface area contributed by atoms with Crippen LogP contribution < -0.4 is 4.74 Å². The lowest BCUT2D eigenvalue weighted by Gasteiger charge is -2.34. The molecule has 6 nitrogen and oxygen atoms in total. The monoisotopic (exact) mass is 476 g/mol. The Kier molecular flexibility index (Phi) is 8.93. The number of benzene rings is 1. The average molecular weight is 477 g/mol. The first-order chi connectivity index (χ1) is 16.7.